The van der Waals surface area contributed by atoms with E-state index >= 15 is 0 Å². The van der Waals surface area contributed by atoms with E-state index in [0.717, 1.165) is 42.0 Å². The number of methoxy groups -OCH3 is 1. The summed E-state index contributed by atoms with van der Waals surface area (Å²) in [7, 11) is 5.85. The summed E-state index contributed by atoms with van der Waals surface area (Å²) >= 11 is 0. The number of hydrogen-bond donors (Lipinski definition) is 0. The molecule has 5 rings (SSSR count). The first kappa shape index (κ1) is 18.2. The molecular formula is C23H26N4O2. The summed E-state index contributed by atoms with van der Waals surface area (Å²) in [6.45, 7) is 2.63. The monoisotopic (exact) mass is 390 g/mol. The summed E-state index contributed by atoms with van der Waals surface area (Å²) in [6.07, 6.45) is 1.79. The van der Waals surface area contributed by atoms with Crippen molar-refractivity contribution in [2.45, 2.75) is 6.04 Å². The Kier molecular flexibility index (Phi) is 4.32. The number of aryl methyl sites for hydroxylation is 1. The van der Waals surface area contributed by atoms with Gasteiger partial charge in [-0.25, -0.2) is 4.98 Å². The van der Waals surface area contributed by atoms with Crippen molar-refractivity contribution < 1.29 is 9.53 Å². The molecule has 3 heterocycles. The van der Waals surface area contributed by atoms with Crippen LogP contribution in [0.2, 0.25) is 0 Å². The molecule has 0 saturated carbocycles. The molecule has 0 spiro atoms. The lowest BCUT2D eigenvalue weighted by Gasteiger charge is -2.27. The molecule has 0 aliphatic carbocycles. The van der Waals surface area contributed by atoms with Crippen molar-refractivity contribution in [3.05, 3.63) is 59.9 Å². The number of imidazole rings is 1. The molecule has 0 unspecified atom stereocenters. The molecule has 3 aromatic rings. The second kappa shape index (κ2) is 6.88. The van der Waals surface area contributed by atoms with Crippen LogP contribution in [0.3, 0.4) is 0 Å². The fraction of sp³-hybridized carbons (Fsp3) is 0.391. The van der Waals surface area contributed by atoms with E-state index in [4.69, 9.17) is 4.74 Å². The number of nitrogens with zero attached hydrogens (tertiary/aromatic N) is 4. The average molecular weight is 390 g/mol. The number of amides is 1. The molecule has 3 atom stereocenters. The number of rotatable bonds is 3. The first-order valence-electron chi connectivity index (χ1n) is 10.1. The van der Waals surface area contributed by atoms with Crippen LogP contribution in [-0.4, -0.2) is 59.0 Å². The van der Waals surface area contributed by atoms with Crippen LogP contribution < -0.4 is 4.74 Å². The van der Waals surface area contributed by atoms with Crippen molar-refractivity contribution in [3.63, 3.8) is 0 Å². The van der Waals surface area contributed by atoms with Crippen LogP contribution in [0.15, 0.2) is 48.8 Å². The van der Waals surface area contributed by atoms with Crippen molar-refractivity contribution in [2.24, 2.45) is 18.9 Å². The van der Waals surface area contributed by atoms with Crippen LogP contribution in [0.4, 0.5) is 0 Å². The number of likely N-dealkylation sites (tertiary alicyclic amines) is 2. The van der Waals surface area contributed by atoms with Crippen molar-refractivity contribution in [2.75, 3.05) is 33.8 Å². The maximum atomic E-state index is 13.2. The fourth-order valence-corrected chi connectivity index (χ4v) is 5.18. The number of carbonyl (C=O) groups excluding carboxylic acids is 1. The molecule has 2 fully saturated rings. The van der Waals surface area contributed by atoms with Gasteiger partial charge in [0, 0.05) is 44.2 Å². The van der Waals surface area contributed by atoms with Crippen LogP contribution in [0.1, 0.15) is 22.0 Å². The van der Waals surface area contributed by atoms with E-state index in [0.29, 0.717) is 17.9 Å². The summed E-state index contributed by atoms with van der Waals surface area (Å²) in [4.78, 5) is 22.1. The Bertz CT molecular complexity index is 1060. The second-order valence-corrected chi connectivity index (χ2v) is 8.35. The molecule has 2 aliphatic rings. The SMILES string of the molecule is COc1ccc([C@@H]2[C@@H]3CN(C(=O)c4ccc5c(c4)ncn5C)C[C@@H]3CN2C)cc1. The normalized spacial score (nSPS) is 24.2. The third-order valence-electron chi connectivity index (χ3n) is 6.61. The Hall–Kier alpha value is -2.86. The summed E-state index contributed by atoms with van der Waals surface area (Å²) in [5.41, 5.74) is 3.94. The minimum Gasteiger partial charge on any atom is -0.497 e. The number of ether oxygens (including phenoxy) is 1. The average Bonchev–Trinajstić information content (AvgIpc) is 3.39. The van der Waals surface area contributed by atoms with Crippen LogP contribution in [0.25, 0.3) is 11.0 Å². The zero-order chi connectivity index (χ0) is 20.1. The van der Waals surface area contributed by atoms with Crippen LogP contribution in [0, 0.1) is 11.8 Å². The van der Waals surface area contributed by atoms with Gasteiger partial charge in [0.2, 0.25) is 0 Å². The molecule has 2 aromatic carbocycles. The predicted molar refractivity (Wildman–Crippen MR) is 112 cm³/mol. The third-order valence-corrected chi connectivity index (χ3v) is 6.61. The smallest absolute Gasteiger partial charge is 0.253 e. The highest BCUT2D eigenvalue weighted by Gasteiger charge is 2.47. The predicted octanol–water partition coefficient (Wildman–Crippen LogP) is 2.96. The van der Waals surface area contributed by atoms with Gasteiger partial charge in [-0.3, -0.25) is 9.69 Å². The van der Waals surface area contributed by atoms with Crippen molar-refractivity contribution >= 4 is 16.9 Å². The Morgan fingerprint density at radius 1 is 1.07 bits per heavy atom. The fourth-order valence-electron chi connectivity index (χ4n) is 5.18. The number of carbonyl (C=O) groups is 1. The maximum Gasteiger partial charge on any atom is 0.253 e. The van der Waals surface area contributed by atoms with Gasteiger partial charge in [0.1, 0.15) is 5.75 Å². The summed E-state index contributed by atoms with van der Waals surface area (Å²) in [6, 6.07) is 14.5. The van der Waals surface area contributed by atoms with Gasteiger partial charge < -0.3 is 14.2 Å². The molecule has 6 nitrogen and oxygen atoms in total. The van der Waals surface area contributed by atoms with Crippen molar-refractivity contribution in [1.82, 2.24) is 19.4 Å². The molecule has 1 amide bonds. The lowest BCUT2D eigenvalue weighted by molar-refractivity contribution is 0.0768. The van der Waals surface area contributed by atoms with E-state index in [1.165, 1.54) is 5.56 Å². The minimum atomic E-state index is 0.114. The molecule has 0 bridgehead atoms. The van der Waals surface area contributed by atoms with Gasteiger partial charge in [-0.2, -0.15) is 0 Å². The van der Waals surface area contributed by atoms with E-state index in [1.54, 1.807) is 13.4 Å². The van der Waals surface area contributed by atoms with E-state index in [-0.39, 0.29) is 5.91 Å². The van der Waals surface area contributed by atoms with Crippen molar-refractivity contribution in [1.29, 1.82) is 0 Å². The summed E-state index contributed by atoms with van der Waals surface area (Å²) in [5.74, 6) is 1.95. The van der Waals surface area contributed by atoms with Crippen molar-refractivity contribution in [3.8, 4) is 5.75 Å². The molecular weight excluding hydrogens is 364 g/mol. The first-order valence-corrected chi connectivity index (χ1v) is 10.1. The highest BCUT2D eigenvalue weighted by molar-refractivity contribution is 5.97. The van der Waals surface area contributed by atoms with Gasteiger partial charge >= 0.3 is 0 Å². The molecule has 6 heteroatoms. The van der Waals surface area contributed by atoms with Gasteiger partial charge in [0.15, 0.2) is 0 Å². The lowest BCUT2D eigenvalue weighted by Crippen LogP contribution is -2.33. The molecule has 29 heavy (non-hydrogen) atoms. The Morgan fingerprint density at radius 3 is 2.62 bits per heavy atom. The minimum absolute atomic E-state index is 0.114. The molecule has 150 valence electrons. The van der Waals surface area contributed by atoms with Gasteiger partial charge in [-0.1, -0.05) is 12.1 Å². The Morgan fingerprint density at radius 2 is 1.86 bits per heavy atom. The summed E-state index contributed by atoms with van der Waals surface area (Å²) < 4.78 is 7.27. The Balaban J connectivity index is 1.37. The highest BCUT2D eigenvalue weighted by Crippen LogP contribution is 2.44. The van der Waals surface area contributed by atoms with E-state index < -0.39 is 0 Å². The van der Waals surface area contributed by atoms with Gasteiger partial charge in [0.25, 0.3) is 5.91 Å². The van der Waals surface area contributed by atoms with E-state index in [9.17, 15) is 4.79 Å². The number of hydrogen-bond acceptors (Lipinski definition) is 4. The first-order chi connectivity index (χ1) is 14.0. The second-order valence-electron chi connectivity index (χ2n) is 8.35. The molecule has 0 N–H and O–H groups in total. The molecule has 2 saturated heterocycles. The van der Waals surface area contributed by atoms with E-state index in [2.05, 4.69) is 29.1 Å². The van der Waals surface area contributed by atoms with Gasteiger partial charge in [0.05, 0.1) is 24.5 Å². The summed E-state index contributed by atoms with van der Waals surface area (Å²) in [5, 5.41) is 0. The van der Waals surface area contributed by atoms with Gasteiger partial charge in [-0.15, -0.1) is 0 Å². The standard InChI is InChI=1S/C23H26N4O2/c1-25-11-17-12-27(13-19(17)22(25)15-4-7-18(29-3)8-5-15)23(28)16-6-9-21-20(10-16)24-14-26(21)2/h4-10,14,17,19,22H,11-13H2,1-3H3/t17-,19+,22+/m0/s1. The molecule has 2 aliphatic heterocycles. The largest absolute Gasteiger partial charge is 0.497 e. The topological polar surface area (TPSA) is 50.6 Å². The van der Waals surface area contributed by atoms with Crippen LogP contribution in [0.5, 0.6) is 5.75 Å². The number of fused-ring (bicyclic) bond motifs is 2. The lowest BCUT2D eigenvalue weighted by atomic mass is 9.89. The number of aromatic nitrogens is 2. The van der Waals surface area contributed by atoms with Crippen LogP contribution >= 0.6 is 0 Å². The zero-order valence-electron chi connectivity index (χ0n) is 17.1. The highest BCUT2D eigenvalue weighted by atomic mass is 16.5. The Labute approximate surface area is 170 Å². The molecule has 0 radical (unpaired) electrons. The zero-order valence-corrected chi connectivity index (χ0v) is 17.1. The third kappa shape index (κ3) is 2.99. The quantitative estimate of drug-likeness (QED) is 0.690. The van der Waals surface area contributed by atoms with Gasteiger partial charge in [-0.05, 0) is 48.9 Å². The maximum absolute atomic E-state index is 13.2. The van der Waals surface area contributed by atoms with E-state index in [1.807, 2.05) is 46.8 Å². The molecule has 1 aromatic heterocycles. The number of benzene rings is 2. The van der Waals surface area contributed by atoms with Crippen LogP contribution in [-0.2, 0) is 7.05 Å².